The first-order valence-electron chi connectivity index (χ1n) is 8.97. The molecule has 1 aromatic heterocycles. The van der Waals surface area contributed by atoms with Crippen LogP contribution in [0.4, 0.5) is 10.7 Å². The van der Waals surface area contributed by atoms with Gasteiger partial charge in [-0.3, -0.25) is 0 Å². The lowest BCUT2D eigenvalue weighted by atomic mass is 10.2. The monoisotopic (exact) mass is 355 g/mol. The number of nitrogens with one attached hydrogen (secondary N) is 1. The van der Waals surface area contributed by atoms with Crippen molar-refractivity contribution in [2.75, 3.05) is 44.2 Å². The molecule has 1 aliphatic rings. The van der Waals surface area contributed by atoms with Crippen molar-refractivity contribution in [1.29, 1.82) is 0 Å². The van der Waals surface area contributed by atoms with Gasteiger partial charge in [-0.15, -0.1) is 0 Å². The van der Waals surface area contributed by atoms with E-state index in [4.69, 9.17) is 4.74 Å². The third-order valence-electron chi connectivity index (χ3n) is 4.35. The number of anilines is 1. The minimum absolute atomic E-state index is 0.0190. The minimum atomic E-state index is -0.0190. The van der Waals surface area contributed by atoms with E-state index in [-0.39, 0.29) is 6.03 Å². The predicted octanol–water partition coefficient (Wildman–Crippen LogP) is 2.09. The molecule has 0 radical (unpaired) electrons. The maximum Gasteiger partial charge on any atom is 0.317 e. The summed E-state index contributed by atoms with van der Waals surface area (Å²) in [5.41, 5.74) is 1.12. The second-order valence-corrected chi connectivity index (χ2v) is 6.22. The van der Waals surface area contributed by atoms with Crippen LogP contribution in [0.15, 0.2) is 42.7 Å². The Morgan fingerprint density at radius 1 is 1.12 bits per heavy atom. The zero-order valence-electron chi connectivity index (χ0n) is 15.1. The van der Waals surface area contributed by atoms with Crippen LogP contribution in [0.2, 0.25) is 0 Å². The summed E-state index contributed by atoms with van der Waals surface area (Å²) >= 11 is 0. The Balaban J connectivity index is 1.33. The molecule has 0 bridgehead atoms. The van der Waals surface area contributed by atoms with Gasteiger partial charge in [0.25, 0.3) is 0 Å². The van der Waals surface area contributed by atoms with E-state index < -0.39 is 0 Å². The number of amides is 2. The molecule has 3 rings (SSSR count). The third-order valence-corrected chi connectivity index (χ3v) is 4.35. The smallest absolute Gasteiger partial charge is 0.317 e. The van der Waals surface area contributed by atoms with E-state index in [9.17, 15) is 4.79 Å². The molecule has 1 fully saturated rings. The molecule has 1 aliphatic heterocycles. The van der Waals surface area contributed by atoms with Crippen molar-refractivity contribution in [2.24, 2.45) is 0 Å². The highest BCUT2D eigenvalue weighted by Crippen LogP contribution is 2.16. The third kappa shape index (κ3) is 4.84. The van der Waals surface area contributed by atoms with Crippen LogP contribution in [0.25, 0.3) is 0 Å². The standard InChI is InChI=1S/C19H25N5O2/c1-16-6-2-3-7-17(16)26-15-5-10-22-19(25)24-13-11-23(12-14-24)18-20-8-4-9-21-18/h2-4,6-9H,5,10-15H2,1H3,(H,22,25). The van der Waals surface area contributed by atoms with Crippen LogP contribution in [0.3, 0.4) is 0 Å². The van der Waals surface area contributed by atoms with Gasteiger partial charge in [0, 0.05) is 45.1 Å². The number of hydrogen-bond acceptors (Lipinski definition) is 5. The zero-order valence-corrected chi connectivity index (χ0v) is 15.1. The van der Waals surface area contributed by atoms with Crippen molar-refractivity contribution in [3.05, 3.63) is 48.3 Å². The van der Waals surface area contributed by atoms with Gasteiger partial charge in [0.1, 0.15) is 5.75 Å². The summed E-state index contributed by atoms with van der Waals surface area (Å²) in [6.45, 7) is 6.05. The zero-order chi connectivity index (χ0) is 18.2. The van der Waals surface area contributed by atoms with E-state index >= 15 is 0 Å². The van der Waals surface area contributed by atoms with Crippen LogP contribution < -0.4 is 15.0 Å². The van der Waals surface area contributed by atoms with Crippen LogP contribution in [-0.4, -0.2) is 60.2 Å². The van der Waals surface area contributed by atoms with Crippen molar-refractivity contribution in [1.82, 2.24) is 20.2 Å². The highest BCUT2D eigenvalue weighted by Gasteiger charge is 2.21. The normalized spacial score (nSPS) is 14.2. The molecule has 7 nitrogen and oxygen atoms in total. The van der Waals surface area contributed by atoms with Crippen molar-refractivity contribution in [2.45, 2.75) is 13.3 Å². The SMILES string of the molecule is Cc1ccccc1OCCCNC(=O)N1CCN(c2ncccn2)CC1. The number of benzene rings is 1. The van der Waals surface area contributed by atoms with E-state index in [0.29, 0.717) is 26.2 Å². The molecule has 2 heterocycles. The van der Waals surface area contributed by atoms with E-state index in [2.05, 4.69) is 20.2 Å². The Bertz CT molecular complexity index is 702. The summed E-state index contributed by atoms with van der Waals surface area (Å²) in [7, 11) is 0. The maximum absolute atomic E-state index is 12.3. The van der Waals surface area contributed by atoms with Crippen LogP contribution >= 0.6 is 0 Å². The highest BCUT2D eigenvalue weighted by atomic mass is 16.5. The number of carbonyl (C=O) groups excluding carboxylic acids is 1. The summed E-state index contributed by atoms with van der Waals surface area (Å²) in [6.07, 6.45) is 4.25. The number of nitrogens with zero attached hydrogens (tertiary/aromatic N) is 4. The minimum Gasteiger partial charge on any atom is -0.493 e. The first kappa shape index (κ1) is 18.0. The predicted molar refractivity (Wildman–Crippen MR) is 101 cm³/mol. The van der Waals surface area contributed by atoms with Crippen LogP contribution in [0.5, 0.6) is 5.75 Å². The van der Waals surface area contributed by atoms with Crippen molar-refractivity contribution < 1.29 is 9.53 Å². The van der Waals surface area contributed by atoms with E-state index in [1.54, 1.807) is 18.5 Å². The highest BCUT2D eigenvalue weighted by molar-refractivity contribution is 5.74. The lowest BCUT2D eigenvalue weighted by Crippen LogP contribution is -2.52. The molecular formula is C19H25N5O2. The molecule has 26 heavy (non-hydrogen) atoms. The Kier molecular flexibility index (Phi) is 6.24. The fourth-order valence-corrected chi connectivity index (χ4v) is 2.84. The van der Waals surface area contributed by atoms with Gasteiger partial charge in [0.2, 0.25) is 5.95 Å². The Morgan fingerprint density at radius 3 is 2.58 bits per heavy atom. The molecule has 0 spiro atoms. The van der Waals surface area contributed by atoms with Crippen molar-refractivity contribution in [3.8, 4) is 5.75 Å². The Hall–Kier alpha value is -2.83. The molecular weight excluding hydrogens is 330 g/mol. The first-order chi connectivity index (χ1) is 12.7. The summed E-state index contributed by atoms with van der Waals surface area (Å²) in [6, 6.07) is 9.72. The fraction of sp³-hybridized carbons (Fsp3) is 0.421. The summed E-state index contributed by atoms with van der Waals surface area (Å²) in [5, 5.41) is 2.97. The quantitative estimate of drug-likeness (QED) is 0.804. The van der Waals surface area contributed by atoms with Crippen molar-refractivity contribution in [3.63, 3.8) is 0 Å². The summed E-state index contributed by atoms with van der Waals surface area (Å²) in [5.74, 6) is 1.62. The van der Waals surface area contributed by atoms with Crippen LogP contribution in [-0.2, 0) is 0 Å². The number of aromatic nitrogens is 2. The molecule has 1 aromatic carbocycles. The molecule has 2 aromatic rings. The van der Waals surface area contributed by atoms with Gasteiger partial charge in [-0.25, -0.2) is 14.8 Å². The van der Waals surface area contributed by atoms with Gasteiger partial charge in [-0.05, 0) is 31.0 Å². The van der Waals surface area contributed by atoms with Gasteiger partial charge in [0.15, 0.2) is 0 Å². The number of rotatable bonds is 6. The number of carbonyl (C=O) groups is 1. The molecule has 138 valence electrons. The fourth-order valence-electron chi connectivity index (χ4n) is 2.84. The molecule has 7 heteroatoms. The number of hydrogen-bond donors (Lipinski definition) is 1. The number of piperazine rings is 1. The van der Waals surface area contributed by atoms with Gasteiger partial charge < -0.3 is 19.9 Å². The maximum atomic E-state index is 12.3. The van der Waals surface area contributed by atoms with Gasteiger partial charge in [0.05, 0.1) is 6.61 Å². The second kappa shape index (κ2) is 9.03. The molecule has 0 saturated carbocycles. The molecule has 0 unspecified atom stereocenters. The van der Waals surface area contributed by atoms with Gasteiger partial charge in [-0.2, -0.15) is 0 Å². The Labute approximate surface area is 154 Å². The molecule has 1 saturated heterocycles. The number of aryl methyl sites for hydroxylation is 1. The largest absolute Gasteiger partial charge is 0.493 e. The number of ether oxygens (including phenoxy) is 1. The number of para-hydroxylation sites is 1. The first-order valence-corrected chi connectivity index (χ1v) is 8.97. The molecule has 0 aliphatic carbocycles. The van der Waals surface area contributed by atoms with Crippen LogP contribution in [0.1, 0.15) is 12.0 Å². The van der Waals surface area contributed by atoms with E-state index in [1.807, 2.05) is 36.1 Å². The number of urea groups is 1. The van der Waals surface area contributed by atoms with Crippen LogP contribution in [0, 0.1) is 6.92 Å². The average molecular weight is 355 g/mol. The Morgan fingerprint density at radius 2 is 1.85 bits per heavy atom. The van der Waals surface area contributed by atoms with E-state index in [1.165, 1.54) is 0 Å². The summed E-state index contributed by atoms with van der Waals surface area (Å²) in [4.78, 5) is 24.7. The van der Waals surface area contributed by atoms with Gasteiger partial charge >= 0.3 is 6.03 Å². The lowest BCUT2D eigenvalue weighted by Gasteiger charge is -2.34. The topological polar surface area (TPSA) is 70.6 Å². The van der Waals surface area contributed by atoms with E-state index in [0.717, 1.165) is 36.8 Å². The second-order valence-electron chi connectivity index (χ2n) is 6.22. The molecule has 2 amide bonds. The summed E-state index contributed by atoms with van der Waals surface area (Å²) < 4.78 is 5.74. The molecule has 0 atom stereocenters. The van der Waals surface area contributed by atoms with Crippen molar-refractivity contribution >= 4 is 12.0 Å². The lowest BCUT2D eigenvalue weighted by molar-refractivity contribution is 0.193. The molecule has 1 N–H and O–H groups in total. The average Bonchev–Trinajstić information content (AvgIpc) is 2.70. The van der Waals surface area contributed by atoms with Gasteiger partial charge in [-0.1, -0.05) is 18.2 Å².